The molecule has 2 aromatic carbocycles. The second-order valence-corrected chi connectivity index (χ2v) is 9.95. The molecule has 4 rings (SSSR count). The first kappa shape index (κ1) is 19.6. The molecule has 0 N–H and O–H groups in total. The quantitative estimate of drug-likeness (QED) is 0.785. The van der Waals surface area contributed by atoms with Gasteiger partial charge in [-0.15, -0.1) is 0 Å². The van der Waals surface area contributed by atoms with Crippen LogP contribution in [0.3, 0.4) is 0 Å². The topological polar surface area (TPSA) is 40.6 Å². The third kappa shape index (κ3) is 4.00. The molecule has 0 saturated carbocycles. The van der Waals surface area contributed by atoms with Gasteiger partial charge in [0.1, 0.15) is 5.82 Å². The van der Waals surface area contributed by atoms with Gasteiger partial charge in [0.15, 0.2) is 0 Å². The van der Waals surface area contributed by atoms with Gasteiger partial charge >= 0.3 is 0 Å². The normalized spacial score (nSPS) is 19.5. The van der Waals surface area contributed by atoms with Crippen molar-refractivity contribution < 1.29 is 12.8 Å². The van der Waals surface area contributed by atoms with Crippen molar-refractivity contribution in [2.75, 3.05) is 26.2 Å². The average Bonchev–Trinajstić information content (AvgIpc) is 2.70. The van der Waals surface area contributed by atoms with Crippen LogP contribution < -0.4 is 0 Å². The Kier molecular flexibility index (Phi) is 5.54. The Hall–Kier alpha value is -1.76. The van der Waals surface area contributed by atoms with Crippen LogP contribution in [-0.4, -0.2) is 43.8 Å². The fourth-order valence-corrected chi connectivity index (χ4v) is 5.89. The van der Waals surface area contributed by atoms with Gasteiger partial charge in [-0.2, -0.15) is 4.31 Å². The predicted molar refractivity (Wildman–Crippen MR) is 108 cm³/mol. The van der Waals surface area contributed by atoms with Crippen LogP contribution in [0.1, 0.15) is 29.5 Å². The highest BCUT2D eigenvalue weighted by Gasteiger charge is 2.30. The molecule has 1 saturated heterocycles. The molecule has 0 radical (unpaired) electrons. The molecule has 2 aromatic rings. The van der Waals surface area contributed by atoms with Crippen LogP contribution in [0.4, 0.5) is 4.39 Å². The maximum Gasteiger partial charge on any atom is 0.243 e. The van der Waals surface area contributed by atoms with E-state index in [2.05, 4.69) is 29.2 Å². The Morgan fingerprint density at radius 1 is 1.04 bits per heavy atom. The first-order chi connectivity index (χ1) is 13.4. The van der Waals surface area contributed by atoms with E-state index in [-0.39, 0.29) is 10.7 Å². The molecule has 150 valence electrons. The van der Waals surface area contributed by atoms with Crippen molar-refractivity contribution in [3.05, 3.63) is 65.0 Å². The number of benzene rings is 2. The van der Waals surface area contributed by atoms with Gasteiger partial charge in [0.2, 0.25) is 10.0 Å². The van der Waals surface area contributed by atoms with Gasteiger partial charge in [0.25, 0.3) is 0 Å². The standard InChI is InChI=1S/C22H27FN2O2S/c1-17-14-21(6-7-22(17)23)28(26,27)25-12-8-18(9-13-25)15-24-11-10-19-4-2-3-5-20(19)16-24/h2-7,14,18H,8-13,15-16H2,1H3. The van der Waals surface area contributed by atoms with Crippen LogP contribution in [0.5, 0.6) is 0 Å². The van der Waals surface area contributed by atoms with Gasteiger partial charge in [-0.3, -0.25) is 4.90 Å². The van der Waals surface area contributed by atoms with Crippen molar-refractivity contribution in [2.45, 2.75) is 37.6 Å². The molecule has 0 aromatic heterocycles. The zero-order chi connectivity index (χ0) is 19.7. The molecule has 2 aliphatic heterocycles. The van der Waals surface area contributed by atoms with E-state index in [0.29, 0.717) is 24.6 Å². The number of hydrogen-bond donors (Lipinski definition) is 0. The highest BCUT2D eigenvalue weighted by atomic mass is 32.2. The Balaban J connectivity index is 1.35. The van der Waals surface area contributed by atoms with E-state index < -0.39 is 10.0 Å². The van der Waals surface area contributed by atoms with Crippen LogP contribution in [0.15, 0.2) is 47.4 Å². The van der Waals surface area contributed by atoms with Gasteiger partial charge in [0.05, 0.1) is 4.90 Å². The van der Waals surface area contributed by atoms with Gasteiger partial charge in [-0.25, -0.2) is 12.8 Å². The van der Waals surface area contributed by atoms with Crippen LogP contribution in [0.2, 0.25) is 0 Å². The minimum Gasteiger partial charge on any atom is -0.298 e. The molecule has 28 heavy (non-hydrogen) atoms. The van der Waals surface area contributed by atoms with Crippen molar-refractivity contribution in [1.82, 2.24) is 9.21 Å². The fraction of sp³-hybridized carbons (Fsp3) is 0.455. The summed E-state index contributed by atoms with van der Waals surface area (Å²) in [5.74, 6) is 0.146. The fourth-order valence-electron chi connectivity index (χ4n) is 4.33. The number of fused-ring (bicyclic) bond motifs is 1. The summed E-state index contributed by atoms with van der Waals surface area (Å²) in [7, 11) is -3.54. The number of piperidine rings is 1. The van der Waals surface area contributed by atoms with Gasteiger partial charge in [-0.1, -0.05) is 24.3 Å². The summed E-state index contributed by atoms with van der Waals surface area (Å²) in [5, 5.41) is 0. The molecule has 6 heteroatoms. The number of halogens is 1. The summed E-state index contributed by atoms with van der Waals surface area (Å²) in [6.45, 7) is 5.75. The summed E-state index contributed by atoms with van der Waals surface area (Å²) < 4.78 is 40.8. The SMILES string of the molecule is Cc1cc(S(=O)(=O)N2CCC(CN3CCc4ccccc4C3)CC2)ccc1F. The van der Waals surface area contributed by atoms with Gasteiger partial charge in [0, 0.05) is 32.7 Å². The van der Waals surface area contributed by atoms with E-state index >= 15 is 0 Å². The van der Waals surface area contributed by atoms with Crippen molar-refractivity contribution in [1.29, 1.82) is 0 Å². The van der Waals surface area contributed by atoms with Crippen molar-refractivity contribution in [3.63, 3.8) is 0 Å². The third-order valence-electron chi connectivity index (χ3n) is 6.07. The number of nitrogens with zero attached hydrogens (tertiary/aromatic N) is 2. The predicted octanol–water partition coefficient (Wildman–Crippen LogP) is 3.59. The molecule has 0 bridgehead atoms. The Morgan fingerprint density at radius 2 is 1.75 bits per heavy atom. The molecule has 0 spiro atoms. The molecule has 0 aliphatic carbocycles. The third-order valence-corrected chi connectivity index (χ3v) is 7.96. The van der Waals surface area contributed by atoms with E-state index in [1.807, 2.05) is 0 Å². The first-order valence-electron chi connectivity index (χ1n) is 9.99. The van der Waals surface area contributed by atoms with Crippen LogP contribution in [-0.2, 0) is 23.0 Å². The lowest BCUT2D eigenvalue weighted by molar-refractivity contribution is 0.171. The molecular formula is C22H27FN2O2S. The van der Waals surface area contributed by atoms with E-state index in [0.717, 1.165) is 38.9 Å². The van der Waals surface area contributed by atoms with E-state index in [4.69, 9.17) is 0 Å². The molecule has 2 aliphatic rings. The zero-order valence-corrected chi connectivity index (χ0v) is 17.1. The highest BCUT2D eigenvalue weighted by Crippen LogP contribution is 2.27. The molecule has 4 nitrogen and oxygen atoms in total. The second kappa shape index (κ2) is 7.93. The summed E-state index contributed by atoms with van der Waals surface area (Å²) in [6.07, 6.45) is 2.84. The maximum absolute atomic E-state index is 13.5. The summed E-state index contributed by atoms with van der Waals surface area (Å²) >= 11 is 0. The minimum absolute atomic E-state index is 0.192. The number of aryl methyl sites for hydroxylation is 1. The summed E-state index contributed by atoms with van der Waals surface area (Å²) in [6, 6.07) is 12.7. The minimum atomic E-state index is -3.54. The zero-order valence-electron chi connectivity index (χ0n) is 16.3. The van der Waals surface area contributed by atoms with E-state index in [1.165, 1.54) is 29.3 Å². The lowest BCUT2D eigenvalue weighted by atomic mass is 9.94. The van der Waals surface area contributed by atoms with Crippen molar-refractivity contribution >= 4 is 10.0 Å². The molecule has 0 atom stereocenters. The Labute approximate surface area is 167 Å². The molecule has 0 amide bonds. The Bertz CT molecular complexity index is 953. The number of hydrogen-bond acceptors (Lipinski definition) is 3. The van der Waals surface area contributed by atoms with E-state index in [9.17, 15) is 12.8 Å². The molecule has 2 heterocycles. The maximum atomic E-state index is 13.5. The van der Waals surface area contributed by atoms with E-state index in [1.54, 1.807) is 11.2 Å². The smallest absolute Gasteiger partial charge is 0.243 e. The largest absolute Gasteiger partial charge is 0.298 e. The van der Waals surface area contributed by atoms with Crippen molar-refractivity contribution in [3.8, 4) is 0 Å². The molecule has 0 unspecified atom stereocenters. The van der Waals surface area contributed by atoms with Crippen LogP contribution >= 0.6 is 0 Å². The lowest BCUT2D eigenvalue weighted by Crippen LogP contribution is -2.42. The average molecular weight is 403 g/mol. The highest BCUT2D eigenvalue weighted by molar-refractivity contribution is 7.89. The van der Waals surface area contributed by atoms with Crippen LogP contribution in [0.25, 0.3) is 0 Å². The van der Waals surface area contributed by atoms with Gasteiger partial charge in [-0.05, 0) is 67.0 Å². The Morgan fingerprint density at radius 3 is 2.46 bits per heavy atom. The van der Waals surface area contributed by atoms with Crippen LogP contribution in [0, 0.1) is 18.7 Å². The molecule has 1 fully saturated rings. The second-order valence-electron chi connectivity index (χ2n) is 8.01. The monoisotopic (exact) mass is 402 g/mol. The summed E-state index contributed by atoms with van der Waals surface area (Å²) in [5.41, 5.74) is 3.23. The number of rotatable bonds is 4. The first-order valence-corrected chi connectivity index (χ1v) is 11.4. The van der Waals surface area contributed by atoms with Crippen molar-refractivity contribution in [2.24, 2.45) is 5.92 Å². The summed E-state index contributed by atoms with van der Waals surface area (Å²) in [4.78, 5) is 2.69. The van der Waals surface area contributed by atoms with Gasteiger partial charge < -0.3 is 0 Å². The number of sulfonamides is 1. The molecular weight excluding hydrogens is 375 g/mol. The lowest BCUT2D eigenvalue weighted by Gasteiger charge is -2.36.